The van der Waals surface area contributed by atoms with Crippen molar-refractivity contribution in [3.63, 3.8) is 0 Å². The highest BCUT2D eigenvalue weighted by Gasteiger charge is 2.72. The Bertz CT molecular complexity index is 4110. The smallest absolute Gasteiger partial charge is 0.411 e. The van der Waals surface area contributed by atoms with E-state index in [9.17, 15) is 16.8 Å². The number of hydrogen-bond donors (Lipinski definition) is 0. The molecule has 0 saturated carbocycles. The molecule has 0 aliphatic carbocycles. The normalized spacial score (nSPS) is 12.5. The third-order valence-corrected chi connectivity index (χ3v) is 17.3. The first kappa shape index (κ1) is 56.9. The lowest BCUT2D eigenvalue weighted by Gasteiger charge is -2.38. The van der Waals surface area contributed by atoms with Crippen LogP contribution >= 0.6 is 0 Å². The van der Waals surface area contributed by atoms with Gasteiger partial charge in [0.05, 0.1) is 26.7 Å². The van der Waals surface area contributed by atoms with Gasteiger partial charge in [-0.15, -0.1) is 0 Å². The summed E-state index contributed by atoms with van der Waals surface area (Å²) in [6.07, 6.45) is -11.8. The molecule has 0 fully saturated rings. The van der Waals surface area contributed by atoms with Crippen molar-refractivity contribution in [1.29, 1.82) is 0 Å². The summed E-state index contributed by atoms with van der Waals surface area (Å²) < 4.78 is 167. The first-order chi connectivity index (χ1) is 39.7. The van der Waals surface area contributed by atoms with E-state index in [-0.39, 0.29) is 42.6 Å². The minimum absolute atomic E-state index is 0.0471. The maximum atomic E-state index is 15.1. The SMILES string of the molecule is COc1ccc(/C(=C(/c2ccccc2)c2ccc(Oc3ccc(S(=O)(=O)c4ccc(Oc5ccc(C(c6ccc(Oc7ccc(S(=O)(=O)c8ccc(C)cc8)cc7)cc6)(C(F)(F)F)C(F)(F)F)cc5)cc4)cc3)cc2)c2ccccc2)cc1. The number of methoxy groups -OCH3 is 1. The van der Waals surface area contributed by atoms with Gasteiger partial charge in [0.2, 0.25) is 25.1 Å². The van der Waals surface area contributed by atoms with E-state index in [1.165, 1.54) is 84.9 Å². The number of aryl methyl sites for hydroxylation is 1. The zero-order valence-electron chi connectivity index (χ0n) is 44.1. The summed E-state index contributed by atoms with van der Waals surface area (Å²) in [4.78, 5) is -0.156. The maximum Gasteiger partial charge on any atom is 0.411 e. The molecule has 83 heavy (non-hydrogen) atoms. The first-order valence-corrected chi connectivity index (χ1v) is 28.6. The molecule has 10 aromatic rings. The molecule has 8 nitrogen and oxygen atoms in total. The average Bonchev–Trinajstić information content (AvgIpc) is 2.99. The number of rotatable bonds is 17. The lowest BCUT2D eigenvalue weighted by atomic mass is 9.73. The van der Waals surface area contributed by atoms with Crippen LogP contribution < -0.4 is 18.9 Å². The third-order valence-electron chi connectivity index (χ3n) is 13.8. The summed E-state index contributed by atoms with van der Waals surface area (Å²) in [5, 5.41) is 0. The number of benzene rings is 10. The van der Waals surface area contributed by atoms with E-state index in [2.05, 4.69) is 24.3 Å². The standard InChI is InChI=1S/C67H48F6O8S2/c1-45-13-37-59(38-14-45)82(74,75)60-39-33-57(34-40-60)80-54-27-19-50(20-28-54)65(66(68,69)70,67(71,72)73)51-21-29-55(30-22-51)81-58-35-43-62(44-36-58)83(76,77)61-41-31-56(32-42-61)79-53-25-17-49(18-26-53)64(47-11-7-4-8-12-47)63(46-9-5-3-6-10-46)48-15-23-52(78-2)24-16-48/h3-44H,1-2H3/b64-63-. The van der Waals surface area contributed by atoms with Gasteiger partial charge in [-0.25, -0.2) is 16.8 Å². The summed E-state index contributed by atoms with van der Waals surface area (Å²) in [6.45, 7) is 1.81. The topological polar surface area (TPSA) is 105 Å². The molecule has 0 amide bonds. The van der Waals surface area contributed by atoms with Gasteiger partial charge in [0, 0.05) is 0 Å². The van der Waals surface area contributed by atoms with Crippen LogP contribution in [-0.2, 0) is 25.1 Å². The van der Waals surface area contributed by atoms with Crippen LogP contribution in [0.25, 0.3) is 11.1 Å². The molecule has 418 valence electrons. The average molecular weight is 1160 g/mol. The zero-order chi connectivity index (χ0) is 58.6. The molecular formula is C67H48F6O8S2. The molecule has 0 unspecified atom stereocenters. The van der Waals surface area contributed by atoms with Gasteiger partial charge in [-0.3, -0.25) is 0 Å². The van der Waals surface area contributed by atoms with Crippen LogP contribution in [0, 0.1) is 6.92 Å². The second kappa shape index (κ2) is 23.2. The molecule has 10 rings (SSSR count). The third kappa shape index (κ3) is 11.9. The number of hydrogen-bond acceptors (Lipinski definition) is 8. The van der Waals surface area contributed by atoms with Crippen molar-refractivity contribution in [2.45, 2.75) is 44.3 Å². The molecule has 0 atom stereocenters. The van der Waals surface area contributed by atoms with Crippen LogP contribution in [-0.4, -0.2) is 36.3 Å². The lowest BCUT2D eigenvalue weighted by molar-refractivity contribution is -0.288. The van der Waals surface area contributed by atoms with Crippen LogP contribution in [0.5, 0.6) is 40.2 Å². The van der Waals surface area contributed by atoms with Crippen molar-refractivity contribution < 1.29 is 62.1 Å². The lowest BCUT2D eigenvalue weighted by Crippen LogP contribution is -2.54. The summed E-state index contributed by atoms with van der Waals surface area (Å²) in [5.41, 5.74) is 0.00908. The number of sulfone groups is 2. The minimum Gasteiger partial charge on any atom is -0.497 e. The molecule has 0 aliphatic heterocycles. The summed E-state index contributed by atoms with van der Waals surface area (Å²) in [7, 11) is -6.35. The molecule has 0 aliphatic rings. The summed E-state index contributed by atoms with van der Waals surface area (Å²) in [6, 6.07) is 64.6. The Morgan fingerprint density at radius 2 is 0.554 bits per heavy atom. The fourth-order valence-corrected chi connectivity index (χ4v) is 12.1. The molecule has 0 heterocycles. The first-order valence-electron chi connectivity index (χ1n) is 25.6. The van der Waals surface area contributed by atoms with E-state index in [0.717, 1.165) is 69.0 Å². The van der Waals surface area contributed by atoms with Crippen molar-refractivity contribution >= 4 is 30.8 Å². The van der Waals surface area contributed by atoms with E-state index in [4.69, 9.17) is 18.9 Å². The van der Waals surface area contributed by atoms with E-state index >= 15 is 26.3 Å². The van der Waals surface area contributed by atoms with E-state index in [1.54, 1.807) is 19.2 Å². The van der Waals surface area contributed by atoms with Crippen LogP contribution in [0.4, 0.5) is 26.3 Å². The molecule has 10 aromatic carbocycles. The van der Waals surface area contributed by atoms with Gasteiger partial charge < -0.3 is 18.9 Å². The molecule has 0 spiro atoms. The molecule has 16 heteroatoms. The number of halogens is 6. The van der Waals surface area contributed by atoms with E-state index < -0.39 is 48.6 Å². The van der Waals surface area contributed by atoms with Crippen LogP contribution in [0.15, 0.2) is 274 Å². The quantitative estimate of drug-likeness (QED) is 0.0656. The fraction of sp³-hybridized carbons (Fsp3) is 0.0746. The van der Waals surface area contributed by atoms with Gasteiger partial charge in [-0.1, -0.05) is 127 Å². The van der Waals surface area contributed by atoms with Crippen molar-refractivity contribution in [2.24, 2.45) is 0 Å². The second-order valence-corrected chi connectivity index (χ2v) is 23.0. The van der Waals surface area contributed by atoms with Gasteiger partial charge in [0.15, 0.2) is 0 Å². The molecule has 0 bridgehead atoms. The number of ether oxygens (including phenoxy) is 4. The Morgan fingerprint density at radius 1 is 0.313 bits per heavy atom. The van der Waals surface area contributed by atoms with Crippen molar-refractivity contribution in [2.75, 3.05) is 7.11 Å². The highest BCUT2D eigenvalue weighted by Crippen LogP contribution is 2.56. The Morgan fingerprint density at radius 3 is 0.831 bits per heavy atom. The van der Waals surface area contributed by atoms with Crippen LogP contribution in [0.3, 0.4) is 0 Å². The molecular weight excluding hydrogens is 1110 g/mol. The highest BCUT2D eigenvalue weighted by atomic mass is 32.2. The molecule has 0 radical (unpaired) electrons. The Labute approximate surface area is 476 Å². The zero-order valence-corrected chi connectivity index (χ0v) is 45.7. The van der Waals surface area contributed by atoms with Gasteiger partial charge in [0.25, 0.3) is 0 Å². The predicted octanol–water partition coefficient (Wildman–Crippen LogP) is 17.5. The van der Waals surface area contributed by atoms with Gasteiger partial charge >= 0.3 is 12.4 Å². The highest BCUT2D eigenvalue weighted by molar-refractivity contribution is 7.91. The number of alkyl halides is 6. The van der Waals surface area contributed by atoms with E-state index in [0.29, 0.717) is 35.8 Å². The van der Waals surface area contributed by atoms with Crippen LogP contribution in [0.2, 0.25) is 0 Å². The summed E-state index contributed by atoms with van der Waals surface area (Å²) >= 11 is 0. The Hall–Kier alpha value is -9.38. The Balaban J connectivity index is 0.816. The molecule has 0 N–H and O–H groups in total. The molecule has 0 saturated heterocycles. The largest absolute Gasteiger partial charge is 0.497 e. The minimum atomic E-state index is -5.89. The van der Waals surface area contributed by atoms with Gasteiger partial charge in [-0.2, -0.15) is 26.3 Å². The predicted molar refractivity (Wildman–Crippen MR) is 305 cm³/mol. The summed E-state index contributed by atoms with van der Waals surface area (Å²) in [5.74, 6) is 1.49. The van der Waals surface area contributed by atoms with Crippen LogP contribution in [0.1, 0.15) is 38.9 Å². The Kier molecular flexibility index (Phi) is 15.9. The van der Waals surface area contributed by atoms with E-state index in [1.807, 2.05) is 91.9 Å². The second-order valence-electron chi connectivity index (χ2n) is 19.1. The van der Waals surface area contributed by atoms with Crippen molar-refractivity contribution in [3.05, 3.63) is 294 Å². The van der Waals surface area contributed by atoms with Crippen molar-refractivity contribution in [1.82, 2.24) is 0 Å². The monoisotopic (exact) mass is 1160 g/mol. The van der Waals surface area contributed by atoms with Gasteiger partial charge in [0.1, 0.15) is 40.2 Å². The fourth-order valence-electron chi connectivity index (χ4n) is 9.55. The van der Waals surface area contributed by atoms with Crippen molar-refractivity contribution in [3.8, 4) is 40.2 Å². The maximum absolute atomic E-state index is 15.1. The molecule has 0 aromatic heterocycles. The van der Waals surface area contributed by atoms with Gasteiger partial charge in [-0.05, 0) is 185 Å².